The summed E-state index contributed by atoms with van der Waals surface area (Å²) < 4.78 is 10.8. The predicted octanol–water partition coefficient (Wildman–Crippen LogP) is 5.55. The highest BCUT2D eigenvalue weighted by Crippen LogP contribution is 2.42. The Hall–Kier alpha value is -2.66. The van der Waals surface area contributed by atoms with Crippen molar-refractivity contribution in [1.29, 1.82) is 0 Å². The van der Waals surface area contributed by atoms with Crippen molar-refractivity contribution in [3.63, 3.8) is 0 Å². The summed E-state index contributed by atoms with van der Waals surface area (Å²) in [6, 6.07) is 20.8. The fourth-order valence-electron chi connectivity index (χ4n) is 4.93. The lowest BCUT2D eigenvalue weighted by atomic mass is 9.88. The average molecular weight is 452 g/mol. The maximum absolute atomic E-state index is 13.5. The first-order valence-electron chi connectivity index (χ1n) is 11.8. The van der Waals surface area contributed by atoms with E-state index in [4.69, 9.17) is 9.47 Å². The molecule has 0 radical (unpaired) electrons. The molecule has 2 aromatic carbocycles. The van der Waals surface area contributed by atoms with Crippen LogP contribution in [0.2, 0.25) is 0 Å². The van der Waals surface area contributed by atoms with Crippen LogP contribution in [0.1, 0.15) is 64.1 Å². The zero-order valence-corrected chi connectivity index (χ0v) is 20.5. The molecule has 0 saturated heterocycles. The van der Waals surface area contributed by atoms with Crippen molar-refractivity contribution in [3.05, 3.63) is 71.8 Å². The van der Waals surface area contributed by atoms with Crippen molar-refractivity contribution in [2.75, 3.05) is 7.11 Å². The van der Waals surface area contributed by atoms with E-state index in [0.29, 0.717) is 6.54 Å². The number of benzene rings is 2. The second kappa shape index (κ2) is 11.0. The van der Waals surface area contributed by atoms with Gasteiger partial charge in [-0.05, 0) is 57.6 Å². The number of ether oxygens (including phenoxy) is 2. The molecule has 1 fully saturated rings. The van der Waals surface area contributed by atoms with E-state index in [-0.39, 0.29) is 36.4 Å². The quantitative estimate of drug-likeness (QED) is 0.493. The molecule has 4 atom stereocenters. The Morgan fingerprint density at radius 2 is 1.61 bits per heavy atom. The number of nitrogens with zero attached hydrogens (tertiary/aromatic N) is 1. The van der Waals surface area contributed by atoms with Crippen LogP contribution < -0.4 is 0 Å². The van der Waals surface area contributed by atoms with Gasteiger partial charge in [0.05, 0.1) is 13.0 Å². The first-order valence-corrected chi connectivity index (χ1v) is 11.8. The van der Waals surface area contributed by atoms with Crippen LogP contribution >= 0.6 is 0 Å². The zero-order valence-electron chi connectivity index (χ0n) is 20.5. The highest BCUT2D eigenvalue weighted by Gasteiger charge is 2.47. The molecule has 5 heteroatoms. The maximum Gasteiger partial charge on any atom is 0.311 e. The molecule has 0 spiro atoms. The van der Waals surface area contributed by atoms with Crippen molar-refractivity contribution in [2.24, 2.45) is 11.8 Å². The highest BCUT2D eigenvalue weighted by molar-refractivity contribution is 5.77. The van der Waals surface area contributed by atoms with Gasteiger partial charge >= 0.3 is 11.9 Å². The summed E-state index contributed by atoms with van der Waals surface area (Å²) in [7, 11) is 1.40. The SMILES string of the molecule is COC(=O)C[C@@H]1CC[C@H](N(Cc2ccccc2)[C@@H](C)c2ccccc2)[C@H]1C(=O)OC(C)(C)C. The molecule has 3 rings (SSSR count). The number of rotatable bonds is 8. The van der Waals surface area contributed by atoms with E-state index in [0.717, 1.165) is 12.8 Å². The third kappa shape index (κ3) is 6.67. The molecule has 0 heterocycles. The van der Waals surface area contributed by atoms with Crippen molar-refractivity contribution >= 4 is 11.9 Å². The number of esters is 2. The van der Waals surface area contributed by atoms with Gasteiger partial charge in [-0.15, -0.1) is 0 Å². The summed E-state index contributed by atoms with van der Waals surface area (Å²) in [6.45, 7) is 8.57. The number of methoxy groups -OCH3 is 1. The van der Waals surface area contributed by atoms with Gasteiger partial charge in [-0.2, -0.15) is 0 Å². The molecule has 0 aliphatic heterocycles. The van der Waals surface area contributed by atoms with Crippen LogP contribution in [0.4, 0.5) is 0 Å². The van der Waals surface area contributed by atoms with E-state index in [1.807, 2.05) is 57.2 Å². The molecule has 0 bridgehead atoms. The normalized spacial score (nSPS) is 21.6. The molecule has 1 aliphatic rings. The molecular weight excluding hydrogens is 414 g/mol. The van der Waals surface area contributed by atoms with Crippen LogP contribution in [-0.4, -0.2) is 35.6 Å². The number of hydrogen-bond donors (Lipinski definition) is 0. The molecule has 1 aliphatic carbocycles. The Kier molecular flexibility index (Phi) is 8.30. The molecule has 0 unspecified atom stereocenters. The lowest BCUT2D eigenvalue weighted by molar-refractivity contribution is -0.164. The van der Waals surface area contributed by atoms with E-state index in [1.54, 1.807) is 0 Å². The topological polar surface area (TPSA) is 55.8 Å². The lowest BCUT2D eigenvalue weighted by Crippen LogP contribution is -2.45. The number of hydrogen-bond acceptors (Lipinski definition) is 5. The first-order chi connectivity index (χ1) is 15.7. The monoisotopic (exact) mass is 451 g/mol. The van der Waals surface area contributed by atoms with E-state index >= 15 is 0 Å². The fraction of sp³-hybridized carbons (Fsp3) is 0.500. The molecule has 1 saturated carbocycles. The van der Waals surface area contributed by atoms with E-state index in [2.05, 4.69) is 36.1 Å². The Bertz CT molecular complexity index is 906. The summed E-state index contributed by atoms with van der Waals surface area (Å²) in [4.78, 5) is 28.0. The van der Waals surface area contributed by atoms with Crippen molar-refractivity contribution in [1.82, 2.24) is 4.90 Å². The summed E-state index contributed by atoms with van der Waals surface area (Å²) in [5.74, 6) is -0.992. The van der Waals surface area contributed by atoms with E-state index < -0.39 is 11.5 Å². The molecule has 178 valence electrons. The maximum atomic E-state index is 13.5. The molecule has 0 aromatic heterocycles. The zero-order chi connectivity index (χ0) is 24.0. The molecule has 5 nitrogen and oxygen atoms in total. The second-order valence-electron chi connectivity index (χ2n) is 9.99. The third-order valence-corrected chi connectivity index (χ3v) is 6.50. The van der Waals surface area contributed by atoms with Crippen molar-refractivity contribution < 1.29 is 19.1 Å². The summed E-state index contributed by atoms with van der Waals surface area (Å²) in [5.41, 5.74) is 1.81. The van der Waals surface area contributed by atoms with Gasteiger partial charge in [0.25, 0.3) is 0 Å². The van der Waals surface area contributed by atoms with Gasteiger partial charge in [-0.1, -0.05) is 60.7 Å². The molecule has 0 N–H and O–H groups in total. The van der Waals surface area contributed by atoms with Gasteiger partial charge in [-0.25, -0.2) is 0 Å². The van der Waals surface area contributed by atoms with Crippen LogP contribution in [0.25, 0.3) is 0 Å². The summed E-state index contributed by atoms with van der Waals surface area (Å²) >= 11 is 0. The minimum Gasteiger partial charge on any atom is -0.469 e. The molecule has 2 aromatic rings. The van der Waals surface area contributed by atoms with Gasteiger partial charge < -0.3 is 9.47 Å². The minimum absolute atomic E-state index is 0.0371. The highest BCUT2D eigenvalue weighted by atomic mass is 16.6. The Morgan fingerprint density at radius 1 is 1.00 bits per heavy atom. The smallest absolute Gasteiger partial charge is 0.311 e. The standard InChI is InChI=1S/C28H37NO4/c1-20(22-14-10-7-11-15-22)29(19-21-12-8-6-9-13-21)24-17-16-23(18-25(30)32-5)26(24)27(31)33-28(2,3)4/h6-15,20,23-24,26H,16-19H2,1-5H3/t20-,23-,24-,26-/m0/s1. The van der Waals surface area contributed by atoms with Gasteiger partial charge in [0.15, 0.2) is 0 Å². The third-order valence-electron chi connectivity index (χ3n) is 6.50. The van der Waals surface area contributed by atoms with Gasteiger partial charge in [0, 0.05) is 25.0 Å². The fourth-order valence-corrected chi connectivity index (χ4v) is 4.93. The Morgan fingerprint density at radius 3 is 2.18 bits per heavy atom. The van der Waals surface area contributed by atoms with Gasteiger partial charge in [-0.3, -0.25) is 14.5 Å². The number of carbonyl (C=O) groups excluding carboxylic acids is 2. The van der Waals surface area contributed by atoms with Crippen LogP contribution in [0.5, 0.6) is 0 Å². The summed E-state index contributed by atoms with van der Waals surface area (Å²) in [6.07, 6.45) is 1.85. The van der Waals surface area contributed by atoms with E-state index in [1.165, 1.54) is 18.2 Å². The van der Waals surface area contributed by atoms with Gasteiger partial charge in [0.1, 0.15) is 5.60 Å². The van der Waals surface area contributed by atoms with E-state index in [9.17, 15) is 9.59 Å². The van der Waals surface area contributed by atoms with Crippen LogP contribution in [0.15, 0.2) is 60.7 Å². The summed E-state index contributed by atoms with van der Waals surface area (Å²) in [5, 5.41) is 0. The van der Waals surface area contributed by atoms with Crippen LogP contribution in [0, 0.1) is 11.8 Å². The van der Waals surface area contributed by atoms with Crippen LogP contribution in [-0.2, 0) is 25.6 Å². The minimum atomic E-state index is -0.588. The molecule has 33 heavy (non-hydrogen) atoms. The predicted molar refractivity (Wildman–Crippen MR) is 129 cm³/mol. The first kappa shape index (κ1) is 25.0. The Labute approximate surface area is 198 Å². The lowest BCUT2D eigenvalue weighted by Gasteiger charge is -2.39. The largest absolute Gasteiger partial charge is 0.469 e. The average Bonchev–Trinajstić information content (AvgIpc) is 3.20. The van der Waals surface area contributed by atoms with Gasteiger partial charge in [0.2, 0.25) is 0 Å². The van der Waals surface area contributed by atoms with Crippen molar-refractivity contribution in [3.8, 4) is 0 Å². The second-order valence-corrected chi connectivity index (χ2v) is 9.99. The molecular formula is C28H37NO4. The van der Waals surface area contributed by atoms with Crippen LogP contribution in [0.3, 0.4) is 0 Å². The molecule has 0 amide bonds. The number of carbonyl (C=O) groups is 2. The van der Waals surface area contributed by atoms with Crippen molar-refractivity contribution in [2.45, 2.75) is 71.2 Å². The Balaban J connectivity index is 1.97.